The second-order valence-electron chi connectivity index (χ2n) is 6.20. The molecule has 1 aliphatic rings. The molecule has 7 heteroatoms. The van der Waals surface area contributed by atoms with Gasteiger partial charge in [-0.15, -0.1) is 0 Å². The molecule has 1 heterocycles. The van der Waals surface area contributed by atoms with E-state index in [9.17, 15) is 18.4 Å². The third-order valence-corrected chi connectivity index (χ3v) is 4.30. The molecule has 1 saturated heterocycles. The van der Waals surface area contributed by atoms with Crippen LogP contribution in [-0.4, -0.2) is 41.1 Å². The summed E-state index contributed by atoms with van der Waals surface area (Å²) in [7, 11) is 0. The quantitative estimate of drug-likeness (QED) is 0.778. The lowest BCUT2D eigenvalue weighted by atomic mass is 10.0. The van der Waals surface area contributed by atoms with E-state index in [1.165, 1.54) is 17.0 Å². The number of halogens is 2. The maximum absolute atomic E-state index is 13.9. The van der Waals surface area contributed by atoms with Crippen LogP contribution in [0.25, 0.3) is 0 Å². The molecule has 1 aliphatic heterocycles. The minimum Gasteiger partial charge on any atom is -0.481 e. The van der Waals surface area contributed by atoms with Crippen molar-refractivity contribution in [2.45, 2.75) is 51.2 Å². The van der Waals surface area contributed by atoms with Crippen LogP contribution in [0.5, 0.6) is 0 Å². The highest BCUT2D eigenvalue weighted by Gasteiger charge is 2.21. The van der Waals surface area contributed by atoms with Gasteiger partial charge in [0.05, 0.1) is 12.5 Å². The molecule has 1 unspecified atom stereocenters. The zero-order valence-corrected chi connectivity index (χ0v) is 14.0. The van der Waals surface area contributed by atoms with Crippen molar-refractivity contribution in [2.24, 2.45) is 0 Å². The molecule has 0 radical (unpaired) electrons. The zero-order chi connectivity index (χ0) is 18.2. The van der Waals surface area contributed by atoms with Crippen molar-refractivity contribution in [2.75, 3.05) is 13.2 Å². The predicted octanol–water partition coefficient (Wildman–Crippen LogP) is 3.12. The Hall–Kier alpha value is -2.02. The second-order valence-corrected chi connectivity index (χ2v) is 6.20. The van der Waals surface area contributed by atoms with E-state index in [4.69, 9.17) is 9.84 Å². The number of carbonyl (C=O) groups is 2. The maximum Gasteiger partial charge on any atom is 0.305 e. The molecule has 1 aromatic rings. The summed E-state index contributed by atoms with van der Waals surface area (Å²) >= 11 is 0. The smallest absolute Gasteiger partial charge is 0.305 e. The number of carboxylic acids is 1. The monoisotopic (exact) mass is 355 g/mol. The van der Waals surface area contributed by atoms with Gasteiger partial charge in [0.1, 0.15) is 0 Å². The number of hydrogen-bond donors (Lipinski definition) is 1. The molecule has 1 amide bonds. The minimum atomic E-state index is -1.05. The van der Waals surface area contributed by atoms with Gasteiger partial charge in [-0.2, -0.15) is 0 Å². The molecule has 25 heavy (non-hydrogen) atoms. The molecule has 0 aliphatic carbocycles. The van der Waals surface area contributed by atoms with E-state index in [2.05, 4.69) is 0 Å². The number of hydrogen-bond acceptors (Lipinski definition) is 3. The fourth-order valence-electron chi connectivity index (χ4n) is 2.88. The van der Waals surface area contributed by atoms with Crippen molar-refractivity contribution in [1.82, 2.24) is 4.90 Å². The molecule has 1 fully saturated rings. The van der Waals surface area contributed by atoms with Crippen LogP contribution in [0.1, 0.15) is 44.1 Å². The molecule has 0 bridgehead atoms. The Labute approximate surface area is 145 Å². The van der Waals surface area contributed by atoms with Gasteiger partial charge in [0, 0.05) is 31.7 Å². The highest BCUT2D eigenvalue weighted by atomic mass is 19.2. The zero-order valence-electron chi connectivity index (χ0n) is 14.0. The van der Waals surface area contributed by atoms with Gasteiger partial charge in [-0.05, 0) is 31.7 Å². The van der Waals surface area contributed by atoms with Gasteiger partial charge in [0.25, 0.3) is 0 Å². The third-order valence-electron chi connectivity index (χ3n) is 4.30. The van der Waals surface area contributed by atoms with Crippen LogP contribution in [0.4, 0.5) is 8.78 Å². The van der Waals surface area contributed by atoms with Crippen molar-refractivity contribution >= 4 is 11.9 Å². The molecule has 2 rings (SSSR count). The first-order valence-corrected chi connectivity index (χ1v) is 8.51. The summed E-state index contributed by atoms with van der Waals surface area (Å²) in [6.45, 7) is 0.493. The summed E-state index contributed by atoms with van der Waals surface area (Å²) in [4.78, 5) is 24.5. The van der Waals surface area contributed by atoms with E-state index in [1.54, 1.807) is 0 Å². The summed E-state index contributed by atoms with van der Waals surface area (Å²) in [5.74, 6) is -3.32. The second kappa shape index (κ2) is 9.46. The molecular weight excluding hydrogens is 332 g/mol. The van der Waals surface area contributed by atoms with Crippen molar-refractivity contribution in [3.8, 4) is 0 Å². The average molecular weight is 355 g/mol. The van der Waals surface area contributed by atoms with Crippen LogP contribution in [0.2, 0.25) is 0 Å². The molecule has 5 nitrogen and oxygen atoms in total. The van der Waals surface area contributed by atoms with Gasteiger partial charge in [0.2, 0.25) is 5.91 Å². The van der Waals surface area contributed by atoms with Gasteiger partial charge < -0.3 is 14.7 Å². The van der Waals surface area contributed by atoms with E-state index >= 15 is 0 Å². The Morgan fingerprint density at radius 3 is 2.72 bits per heavy atom. The molecule has 1 aromatic carbocycles. The van der Waals surface area contributed by atoms with Crippen LogP contribution in [0.15, 0.2) is 18.2 Å². The highest BCUT2D eigenvalue weighted by Crippen LogP contribution is 2.19. The predicted molar refractivity (Wildman–Crippen MR) is 86.9 cm³/mol. The Morgan fingerprint density at radius 1 is 1.24 bits per heavy atom. The number of aliphatic carboxylic acids is 1. The maximum atomic E-state index is 13.9. The first-order valence-electron chi connectivity index (χ1n) is 8.51. The normalized spacial score (nSPS) is 17.3. The minimum absolute atomic E-state index is 0.0323. The van der Waals surface area contributed by atoms with Gasteiger partial charge in [0.15, 0.2) is 11.6 Å². The van der Waals surface area contributed by atoms with E-state index in [0.717, 1.165) is 25.3 Å². The van der Waals surface area contributed by atoms with Crippen LogP contribution in [0, 0.1) is 11.6 Å². The Kier molecular flexibility index (Phi) is 7.31. The largest absolute Gasteiger partial charge is 0.481 e. The topological polar surface area (TPSA) is 66.8 Å². The Morgan fingerprint density at radius 2 is 2.04 bits per heavy atom. The highest BCUT2D eigenvalue weighted by molar-refractivity contribution is 5.77. The van der Waals surface area contributed by atoms with Gasteiger partial charge in [-0.25, -0.2) is 8.78 Å². The number of benzene rings is 1. The molecule has 138 valence electrons. The number of carbonyl (C=O) groups excluding carboxylic acids is 1. The molecule has 0 spiro atoms. The Balaban J connectivity index is 1.99. The molecule has 0 saturated carbocycles. The fraction of sp³-hybridized carbons (Fsp3) is 0.556. The van der Waals surface area contributed by atoms with Gasteiger partial charge in [-0.1, -0.05) is 12.1 Å². The summed E-state index contributed by atoms with van der Waals surface area (Å²) in [5.41, 5.74) is 0.0349. The van der Waals surface area contributed by atoms with Gasteiger partial charge in [-0.3, -0.25) is 9.59 Å². The average Bonchev–Trinajstić information content (AvgIpc) is 2.60. The SMILES string of the molecule is O=C(O)CCN(Cc1cccc(F)c1F)C(=O)CCC1CCCCO1. The first-order chi connectivity index (χ1) is 12.0. The summed E-state index contributed by atoms with van der Waals surface area (Å²) in [5, 5.41) is 8.85. The van der Waals surface area contributed by atoms with Crippen LogP contribution >= 0.6 is 0 Å². The molecule has 0 aromatic heterocycles. The number of nitrogens with zero attached hydrogens (tertiary/aromatic N) is 1. The summed E-state index contributed by atoms with van der Waals surface area (Å²) in [6.07, 6.45) is 3.52. The van der Waals surface area contributed by atoms with E-state index < -0.39 is 17.6 Å². The van der Waals surface area contributed by atoms with Crippen molar-refractivity contribution in [3.05, 3.63) is 35.4 Å². The van der Waals surface area contributed by atoms with Crippen molar-refractivity contribution in [1.29, 1.82) is 0 Å². The standard InChI is InChI=1S/C18H23F2NO4/c19-15-6-3-4-13(18(15)20)12-21(10-9-17(23)24)16(22)8-7-14-5-1-2-11-25-14/h3-4,6,14H,1-2,5,7-12H2,(H,23,24). The Bertz CT molecular complexity index is 603. The van der Waals surface area contributed by atoms with Gasteiger partial charge >= 0.3 is 5.97 Å². The van der Waals surface area contributed by atoms with E-state index in [0.29, 0.717) is 13.0 Å². The molecule has 1 atom stereocenters. The third kappa shape index (κ3) is 6.08. The lowest BCUT2D eigenvalue weighted by Crippen LogP contribution is -2.34. The number of amides is 1. The molecule has 1 N–H and O–H groups in total. The lowest BCUT2D eigenvalue weighted by molar-refractivity contribution is -0.139. The van der Waals surface area contributed by atoms with Crippen molar-refractivity contribution < 1.29 is 28.2 Å². The van der Waals surface area contributed by atoms with Crippen LogP contribution in [0.3, 0.4) is 0 Å². The van der Waals surface area contributed by atoms with Crippen LogP contribution in [-0.2, 0) is 20.9 Å². The lowest BCUT2D eigenvalue weighted by Gasteiger charge is -2.25. The fourth-order valence-corrected chi connectivity index (χ4v) is 2.88. The number of rotatable bonds is 8. The number of carboxylic acid groups (broad SMARTS) is 1. The molecular formula is C18H23F2NO4. The van der Waals surface area contributed by atoms with E-state index in [1.807, 2.05) is 0 Å². The summed E-state index contributed by atoms with van der Waals surface area (Å²) in [6, 6.07) is 3.76. The first kappa shape index (κ1) is 19.3. The van der Waals surface area contributed by atoms with E-state index in [-0.39, 0.29) is 43.5 Å². The number of ether oxygens (including phenoxy) is 1. The van der Waals surface area contributed by atoms with Crippen molar-refractivity contribution in [3.63, 3.8) is 0 Å². The van der Waals surface area contributed by atoms with Crippen LogP contribution < -0.4 is 0 Å². The summed E-state index contributed by atoms with van der Waals surface area (Å²) < 4.78 is 32.8.